The van der Waals surface area contributed by atoms with Gasteiger partial charge in [-0.2, -0.15) is 0 Å². The number of methoxy groups -OCH3 is 1. The summed E-state index contributed by atoms with van der Waals surface area (Å²) in [6.07, 6.45) is 1.33. The number of ether oxygens (including phenoxy) is 1. The first kappa shape index (κ1) is 12.8. The van der Waals surface area contributed by atoms with E-state index in [0.717, 1.165) is 18.2 Å². The minimum atomic E-state index is -0.410. The van der Waals surface area contributed by atoms with Gasteiger partial charge in [0.1, 0.15) is 0 Å². The number of carbonyl (C=O) groups excluding carboxylic acids is 2. The quantitative estimate of drug-likeness (QED) is 0.597. The van der Waals surface area contributed by atoms with Crippen molar-refractivity contribution in [2.45, 2.75) is 24.7 Å². The van der Waals surface area contributed by atoms with Crippen LogP contribution in [0.15, 0.2) is 29.2 Å². The van der Waals surface area contributed by atoms with E-state index in [4.69, 9.17) is 0 Å². The summed E-state index contributed by atoms with van der Waals surface area (Å²) in [5.74, 6) is -0.410. The molecule has 0 radical (unpaired) electrons. The van der Waals surface area contributed by atoms with Gasteiger partial charge in [0.05, 0.1) is 12.7 Å². The second kappa shape index (κ2) is 6.33. The van der Waals surface area contributed by atoms with Crippen molar-refractivity contribution >= 4 is 22.8 Å². The summed E-state index contributed by atoms with van der Waals surface area (Å²) in [6.45, 7) is 1.95. The maximum Gasteiger partial charge on any atom is 0.339 e. The number of esters is 1. The molecule has 86 valence electrons. The minimum Gasteiger partial charge on any atom is -0.465 e. The van der Waals surface area contributed by atoms with Crippen molar-refractivity contribution in [3.8, 4) is 0 Å². The van der Waals surface area contributed by atoms with Crippen LogP contribution in [0.3, 0.4) is 0 Å². The maximum atomic E-state index is 11.5. The Bertz CT molecular complexity index is 388. The Morgan fingerprint density at radius 2 is 2.00 bits per heavy atom. The molecule has 0 spiro atoms. The Balaban J connectivity index is 2.87. The number of benzene rings is 1. The highest BCUT2D eigenvalue weighted by Gasteiger charge is 2.13. The smallest absolute Gasteiger partial charge is 0.339 e. The van der Waals surface area contributed by atoms with E-state index in [0.29, 0.717) is 16.9 Å². The van der Waals surface area contributed by atoms with Gasteiger partial charge in [-0.25, -0.2) is 4.79 Å². The molecule has 1 aromatic carbocycles. The van der Waals surface area contributed by atoms with Crippen molar-refractivity contribution in [1.82, 2.24) is 0 Å². The molecule has 1 rings (SSSR count). The topological polar surface area (TPSA) is 43.4 Å². The standard InChI is InChI=1S/C12H14O3S/c1-3-6-11(13)16-10-8-5-4-7-9(10)12(14)15-2/h4-5,7-8H,3,6H2,1-2H3. The molecule has 4 heteroatoms. The molecule has 0 N–H and O–H groups in total. The van der Waals surface area contributed by atoms with E-state index in [1.165, 1.54) is 7.11 Å². The van der Waals surface area contributed by atoms with Crippen molar-refractivity contribution in [1.29, 1.82) is 0 Å². The van der Waals surface area contributed by atoms with Gasteiger partial charge in [0.2, 0.25) is 0 Å². The third-order valence-electron chi connectivity index (χ3n) is 1.97. The molecule has 0 amide bonds. The minimum absolute atomic E-state index is 0.0684. The van der Waals surface area contributed by atoms with E-state index in [1.807, 2.05) is 6.92 Å². The fourth-order valence-corrected chi connectivity index (χ4v) is 2.17. The van der Waals surface area contributed by atoms with Gasteiger partial charge in [-0.15, -0.1) is 0 Å². The highest BCUT2D eigenvalue weighted by Crippen LogP contribution is 2.25. The van der Waals surface area contributed by atoms with Crippen LogP contribution in [0.2, 0.25) is 0 Å². The zero-order valence-electron chi connectivity index (χ0n) is 9.36. The summed E-state index contributed by atoms with van der Waals surface area (Å²) in [4.78, 5) is 23.6. The summed E-state index contributed by atoms with van der Waals surface area (Å²) in [6, 6.07) is 6.96. The third-order valence-corrected chi connectivity index (χ3v) is 2.98. The van der Waals surface area contributed by atoms with Gasteiger partial charge >= 0.3 is 5.97 Å². The number of thioether (sulfide) groups is 1. The first-order valence-electron chi connectivity index (χ1n) is 5.07. The molecule has 0 fully saturated rings. The van der Waals surface area contributed by atoms with Gasteiger partial charge < -0.3 is 4.74 Å². The first-order chi connectivity index (χ1) is 7.69. The zero-order chi connectivity index (χ0) is 12.0. The summed E-state index contributed by atoms with van der Waals surface area (Å²) in [5.41, 5.74) is 0.444. The predicted molar refractivity (Wildman–Crippen MR) is 63.6 cm³/mol. The van der Waals surface area contributed by atoms with Gasteiger partial charge in [0, 0.05) is 11.3 Å². The van der Waals surface area contributed by atoms with Crippen LogP contribution in [0.25, 0.3) is 0 Å². The van der Waals surface area contributed by atoms with Gasteiger partial charge in [0.25, 0.3) is 0 Å². The first-order valence-corrected chi connectivity index (χ1v) is 5.88. The van der Waals surface area contributed by atoms with E-state index >= 15 is 0 Å². The molecule has 0 heterocycles. The highest BCUT2D eigenvalue weighted by molar-refractivity contribution is 8.13. The molecule has 0 bridgehead atoms. The van der Waals surface area contributed by atoms with Crippen molar-refractivity contribution in [2.24, 2.45) is 0 Å². The van der Waals surface area contributed by atoms with E-state index < -0.39 is 5.97 Å². The molecule has 0 aliphatic heterocycles. The lowest BCUT2D eigenvalue weighted by Gasteiger charge is -2.05. The van der Waals surface area contributed by atoms with Crippen LogP contribution in [0.4, 0.5) is 0 Å². The van der Waals surface area contributed by atoms with Crippen LogP contribution in [-0.4, -0.2) is 18.2 Å². The number of rotatable bonds is 4. The Morgan fingerprint density at radius 1 is 1.31 bits per heavy atom. The second-order valence-corrected chi connectivity index (χ2v) is 4.31. The summed E-state index contributed by atoms with van der Waals surface area (Å²) < 4.78 is 4.65. The Kier molecular flexibility index (Phi) is 5.05. The van der Waals surface area contributed by atoms with Crippen LogP contribution in [0.1, 0.15) is 30.1 Å². The monoisotopic (exact) mass is 238 g/mol. The lowest BCUT2D eigenvalue weighted by Crippen LogP contribution is -2.03. The van der Waals surface area contributed by atoms with Crippen molar-refractivity contribution < 1.29 is 14.3 Å². The molecule has 0 aliphatic rings. The molecule has 0 aliphatic carbocycles. The average Bonchev–Trinajstić information content (AvgIpc) is 2.29. The van der Waals surface area contributed by atoms with Crippen LogP contribution in [0, 0.1) is 0 Å². The van der Waals surface area contributed by atoms with Crippen LogP contribution >= 0.6 is 11.8 Å². The molecule has 0 unspecified atom stereocenters. The molecule has 0 saturated carbocycles. The Labute approximate surface area is 99.2 Å². The van der Waals surface area contributed by atoms with E-state index in [1.54, 1.807) is 24.3 Å². The third kappa shape index (κ3) is 3.38. The molecule has 3 nitrogen and oxygen atoms in total. The lowest BCUT2D eigenvalue weighted by molar-refractivity contribution is -0.111. The fraction of sp³-hybridized carbons (Fsp3) is 0.333. The predicted octanol–water partition coefficient (Wildman–Crippen LogP) is 2.89. The van der Waals surface area contributed by atoms with Crippen LogP contribution in [0.5, 0.6) is 0 Å². The summed E-state index contributed by atoms with van der Waals surface area (Å²) in [7, 11) is 1.33. The van der Waals surface area contributed by atoms with Crippen molar-refractivity contribution in [3.05, 3.63) is 29.8 Å². The molecular weight excluding hydrogens is 224 g/mol. The number of hydrogen-bond donors (Lipinski definition) is 0. The SMILES string of the molecule is CCCC(=O)Sc1ccccc1C(=O)OC. The largest absolute Gasteiger partial charge is 0.465 e. The molecule has 1 aromatic rings. The molecule has 0 aromatic heterocycles. The fourth-order valence-electron chi connectivity index (χ4n) is 1.21. The molecule has 0 atom stereocenters. The second-order valence-electron chi connectivity index (χ2n) is 3.21. The van der Waals surface area contributed by atoms with Crippen LogP contribution in [-0.2, 0) is 9.53 Å². The van der Waals surface area contributed by atoms with Gasteiger partial charge in [0.15, 0.2) is 5.12 Å². The molecule has 16 heavy (non-hydrogen) atoms. The van der Waals surface area contributed by atoms with E-state index in [2.05, 4.69) is 4.74 Å². The van der Waals surface area contributed by atoms with Gasteiger partial charge in [-0.05, 0) is 18.6 Å². The normalized spacial score (nSPS) is 9.88. The molecular formula is C12H14O3S. The maximum absolute atomic E-state index is 11.5. The van der Waals surface area contributed by atoms with Crippen LogP contribution < -0.4 is 0 Å². The summed E-state index contributed by atoms with van der Waals surface area (Å²) in [5, 5.41) is 0.0684. The Hall–Kier alpha value is -1.29. The van der Waals surface area contributed by atoms with Gasteiger partial charge in [-0.1, -0.05) is 30.8 Å². The van der Waals surface area contributed by atoms with Crippen molar-refractivity contribution in [2.75, 3.05) is 7.11 Å². The zero-order valence-corrected chi connectivity index (χ0v) is 10.2. The number of hydrogen-bond acceptors (Lipinski definition) is 4. The van der Waals surface area contributed by atoms with Crippen molar-refractivity contribution in [3.63, 3.8) is 0 Å². The van der Waals surface area contributed by atoms with E-state index in [9.17, 15) is 9.59 Å². The van der Waals surface area contributed by atoms with E-state index in [-0.39, 0.29) is 5.12 Å². The molecule has 0 saturated heterocycles. The number of carbonyl (C=O) groups is 2. The van der Waals surface area contributed by atoms with Gasteiger partial charge in [-0.3, -0.25) is 4.79 Å². The lowest BCUT2D eigenvalue weighted by atomic mass is 10.2. The Morgan fingerprint density at radius 3 is 2.62 bits per heavy atom. The highest BCUT2D eigenvalue weighted by atomic mass is 32.2. The summed E-state index contributed by atoms with van der Waals surface area (Å²) >= 11 is 1.10. The average molecular weight is 238 g/mol.